The van der Waals surface area contributed by atoms with Crippen molar-refractivity contribution in [1.29, 1.82) is 0 Å². The van der Waals surface area contributed by atoms with Gasteiger partial charge in [-0.15, -0.1) is 0 Å². The Balaban J connectivity index is 2.00. The van der Waals surface area contributed by atoms with Gasteiger partial charge in [-0.1, -0.05) is 12.1 Å². The largest absolute Gasteiger partial charge is 0.451 e. The Morgan fingerprint density at radius 1 is 1.19 bits per heavy atom. The molecule has 0 atom stereocenters. The van der Waals surface area contributed by atoms with Gasteiger partial charge in [0.15, 0.2) is 17.0 Å². The van der Waals surface area contributed by atoms with E-state index in [9.17, 15) is 18.0 Å². The molecule has 3 rings (SSSR count). The van der Waals surface area contributed by atoms with Crippen LogP contribution in [0.1, 0.15) is 18.3 Å². The summed E-state index contributed by atoms with van der Waals surface area (Å²) in [5.41, 5.74) is 1.86. The van der Waals surface area contributed by atoms with Crippen LogP contribution in [-0.4, -0.2) is 39.5 Å². The maximum atomic E-state index is 13.2. The number of aromatic nitrogens is 4. The summed E-state index contributed by atoms with van der Waals surface area (Å²) in [5, 5.41) is 2.66. The fourth-order valence-corrected chi connectivity index (χ4v) is 2.58. The predicted octanol–water partition coefficient (Wildman–Crippen LogP) is 2.92. The van der Waals surface area contributed by atoms with Crippen LogP contribution in [0.5, 0.6) is 0 Å². The normalized spacial score (nSPS) is 11.6. The van der Waals surface area contributed by atoms with Crippen molar-refractivity contribution in [2.45, 2.75) is 19.6 Å². The summed E-state index contributed by atoms with van der Waals surface area (Å²) in [6, 6.07) is 6.99. The van der Waals surface area contributed by atoms with Crippen molar-refractivity contribution in [1.82, 2.24) is 19.5 Å². The second kappa shape index (κ2) is 6.86. The zero-order chi connectivity index (χ0) is 19.8. The smallest absolute Gasteiger partial charge is 0.361 e. The molecular weight excluding hydrogens is 361 g/mol. The lowest BCUT2D eigenvalue weighted by Crippen LogP contribution is -2.18. The molecule has 0 unspecified atom stereocenters. The van der Waals surface area contributed by atoms with E-state index in [0.29, 0.717) is 11.2 Å². The minimum Gasteiger partial charge on any atom is -0.361 e. The van der Waals surface area contributed by atoms with Gasteiger partial charge in [-0.25, -0.2) is 15.0 Å². The number of hydrogen-bond acceptors (Lipinski definition) is 5. The summed E-state index contributed by atoms with van der Waals surface area (Å²) in [6.07, 6.45) is -3.22. The Hall–Kier alpha value is -3.17. The second-order valence-corrected chi connectivity index (χ2v) is 6.19. The Bertz CT molecular complexity index is 979. The third-order valence-electron chi connectivity index (χ3n) is 3.75. The van der Waals surface area contributed by atoms with E-state index < -0.39 is 12.0 Å². The average molecular weight is 378 g/mol. The van der Waals surface area contributed by atoms with Crippen LogP contribution in [-0.2, 0) is 17.5 Å². The summed E-state index contributed by atoms with van der Waals surface area (Å²) >= 11 is 0. The van der Waals surface area contributed by atoms with Crippen molar-refractivity contribution < 1.29 is 18.0 Å². The van der Waals surface area contributed by atoms with Crippen LogP contribution >= 0.6 is 0 Å². The number of imidazole rings is 1. The number of amides is 1. The van der Waals surface area contributed by atoms with E-state index in [1.807, 2.05) is 0 Å². The number of anilines is 2. The van der Waals surface area contributed by atoms with Gasteiger partial charge in [0, 0.05) is 26.7 Å². The van der Waals surface area contributed by atoms with Crippen molar-refractivity contribution >= 4 is 28.6 Å². The Kier molecular flexibility index (Phi) is 4.73. The molecule has 0 bridgehead atoms. The van der Waals surface area contributed by atoms with Crippen LogP contribution in [0.2, 0.25) is 0 Å². The molecule has 0 spiro atoms. The van der Waals surface area contributed by atoms with Gasteiger partial charge in [0.2, 0.25) is 11.7 Å². The minimum absolute atomic E-state index is 0.104. The van der Waals surface area contributed by atoms with Gasteiger partial charge in [0.25, 0.3) is 0 Å². The second-order valence-electron chi connectivity index (χ2n) is 6.19. The molecule has 0 radical (unpaired) electrons. The summed E-state index contributed by atoms with van der Waals surface area (Å²) < 4.78 is 41.0. The predicted molar refractivity (Wildman–Crippen MR) is 94.5 cm³/mol. The summed E-state index contributed by atoms with van der Waals surface area (Å²) in [6.45, 7) is 1.68. The van der Waals surface area contributed by atoms with Crippen LogP contribution < -0.4 is 10.2 Å². The molecule has 2 aromatic heterocycles. The first-order valence-electron chi connectivity index (χ1n) is 7.99. The van der Waals surface area contributed by atoms with Crippen LogP contribution in [0.4, 0.5) is 24.7 Å². The molecule has 0 aliphatic heterocycles. The van der Waals surface area contributed by atoms with Gasteiger partial charge in [-0.3, -0.25) is 4.79 Å². The number of alkyl halides is 3. The number of benzene rings is 1. The molecule has 1 amide bonds. The monoisotopic (exact) mass is 378 g/mol. The molecule has 7 nitrogen and oxygen atoms in total. The summed E-state index contributed by atoms with van der Waals surface area (Å²) in [4.78, 5) is 24.0. The number of carbonyl (C=O) groups is 1. The zero-order valence-corrected chi connectivity index (χ0v) is 14.9. The van der Waals surface area contributed by atoms with Gasteiger partial charge in [0.05, 0.1) is 12.9 Å². The lowest BCUT2D eigenvalue weighted by atomic mass is 10.2. The first kappa shape index (κ1) is 18.6. The topological polar surface area (TPSA) is 75.9 Å². The molecule has 0 aliphatic carbocycles. The maximum absolute atomic E-state index is 13.2. The maximum Gasteiger partial charge on any atom is 0.451 e. The Morgan fingerprint density at radius 3 is 2.41 bits per heavy atom. The molecule has 2 heterocycles. The Labute approximate surface area is 152 Å². The lowest BCUT2D eigenvalue weighted by Gasteiger charge is -2.14. The van der Waals surface area contributed by atoms with Gasteiger partial charge in [-0.2, -0.15) is 13.2 Å². The van der Waals surface area contributed by atoms with E-state index in [0.717, 1.165) is 5.56 Å². The molecular formula is C17H17F3N6O. The highest BCUT2D eigenvalue weighted by Gasteiger charge is 2.36. The number of nitrogens with one attached hydrogen (secondary N) is 1. The van der Waals surface area contributed by atoms with E-state index in [1.165, 1.54) is 22.7 Å². The van der Waals surface area contributed by atoms with Crippen LogP contribution in [0.15, 0.2) is 30.6 Å². The molecule has 10 heteroatoms. The molecule has 0 saturated heterocycles. The standard InChI is InChI=1S/C17H17F3N6O/c1-10(27)22-12-6-4-11(5-7-12)8-26-9-21-13-14(25(2)3)23-16(17(18,19)20)24-15(13)26/h4-7,9H,8H2,1-3H3,(H,22,27). The molecule has 0 fully saturated rings. The van der Waals surface area contributed by atoms with Crippen LogP contribution in [0.3, 0.4) is 0 Å². The van der Waals surface area contributed by atoms with Crippen molar-refractivity contribution in [2.75, 3.05) is 24.3 Å². The number of halogens is 3. The minimum atomic E-state index is -4.66. The van der Waals surface area contributed by atoms with E-state index in [-0.39, 0.29) is 23.9 Å². The van der Waals surface area contributed by atoms with Gasteiger partial charge >= 0.3 is 6.18 Å². The van der Waals surface area contributed by atoms with E-state index in [2.05, 4.69) is 20.3 Å². The number of carbonyl (C=O) groups excluding carboxylic acids is 1. The fraction of sp³-hybridized carbons (Fsp3) is 0.294. The van der Waals surface area contributed by atoms with Gasteiger partial charge < -0.3 is 14.8 Å². The first-order valence-corrected chi connectivity index (χ1v) is 7.99. The number of nitrogens with zero attached hydrogens (tertiary/aromatic N) is 5. The highest BCUT2D eigenvalue weighted by molar-refractivity contribution is 5.88. The molecule has 1 aromatic carbocycles. The van der Waals surface area contributed by atoms with E-state index in [4.69, 9.17) is 0 Å². The quantitative estimate of drug-likeness (QED) is 0.756. The zero-order valence-electron chi connectivity index (χ0n) is 14.9. The first-order chi connectivity index (χ1) is 12.6. The Morgan fingerprint density at radius 2 is 1.85 bits per heavy atom. The molecule has 0 saturated carbocycles. The molecule has 0 aliphatic rings. The number of fused-ring (bicyclic) bond motifs is 1. The van der Waals surface area contributed by atoms with Gasteiger partial charge in [-0.05, 0) is 17.7 Å². The highest BCUT2D eigenvalue weighted by Crippen LogP contribution is 2.30. The van der Waals surface area contributed by atoms with E-state index >= 15 is 0 Å². The fourth-order valence-electron chi connectivity index (χ4n) is 2.58. The SMILES string of the molecule is CC(=O)Nc1ccc(Cn2cnc3c(N(C)C)nc(C(F)(F)F)nc32)cc1. The molecule has 1 N–H and O–H groups in total. The third kappa shape index (κ3) is 3.99. The number of hydrogen-bond donors (Lipinski definition) is 1. The van der Waals surface area contributed by atoms with Crippen molar-refractivity contribution in [3.63, 3.8) is 0 Å². The molecule has 142 valence electrons. The molecule has 27 heavy (non-hydrogen) atoms. The highest BCUT2D eigenvalue weighted by atomic mass is 19.4. The lowest BCUT2D eigenvalue weighted by molar-refractivity contribution is -0.144. The number of rotatable bonds is 4. The van der Waals surface area contributed by atoms with Crippen LogP contribution in [0, 0.1) is 0 Å². The summed E-state index contributed by atoms with van der Waals surface area (Å²) in [5.74, 6) is -1.29. The van der Waals surface area contributed by atoms with Crippen molar-refractivity contribution in [2.24, 2.45) is 0 Å². The molecule has 3 aromatic rings. The van der Waals surface area contributed by atoms with Gasteiger partial charge in [0.1, 0.15) is 0 Å². The third-order valence-corrected chi connectivity index (χ3v) is 3.75. The summed E-state index contributed by atoms with van der Waals surface area (Å²) in [7, 11) is 3.20. The van der Waals surface area contributed by atoms with Crippen LogP contribution in [0.25, 0.3) is 11.2 Å². The van der Waals surface area contributed by atoms with Crippen molar-refractivity contribution in [3.8, 4) is 0 Å². The average Bonchev–Trinajstić information content (AvgIpc) is 2.97. The van der Waals surface area contributed by atoms with E-state index in [1.54, 1.807) is 38.4 Å². The van der Waals surface area contributed by atoms with Crippen molar-refractivity contribution in [3.05, 3.63) is 42.0 Å².